The highest BCUT2D eigenvalue weighted by Crippen LogP contribution is 2.19. The van der Waals surface area contributed by atoms with E-state index in [-0.39, 0.29) is 18.4 Å². The van der Waals surface area contributed by atoms with E-state index >= 15 is 0 Å². The summed E-state index contributed by atoms with van der Waals surface area (Å²) in [5.74, 6) is -0.267. The van der Waals surface area contributed by atoms with Crippen molar-refractivity contribution in [2.24, 2.45) is 0 Å². The molecule has 3 rings (SSSR count). The maximum Gasteiger partial charge on any atom is 0.329 e. The zero-order chi connectivity index (χ0) is 16.2. The third-order valence-corrected chi connectivity index (χ3v) is 4.36. The molecule has 2 heterocycles. The summed E-state index contributed by atoms with van der Waals surface area (Å²) < 4.78 is 0. The first-order chi connectivity index (χ1) is 11.1. The third-order valence-electron chi connectivity index (χ3n) is 4.36. The van der Waals surface area contributed by atoms with Crippen LogP contribution in [0.2, 0.25) is 0 Å². The molecule has 1 aromatic rings. The summed E-state index contributed by atoms with van der Waals surface area (Å²) in [6.07, 6.45) is 5.73. The molecule has 122 valence electrons. The van der Waals surface area contributed by atoms with Gasteiger partial charge < -0.3 is 4.90 Å². The van der Waals surface area contributed by atoms with Crippen molar-refractivity contribution in [3.05, 3.63) is 29.8 Å². The van der Waals surface area contributed by atoms with Crippen molar-refractivity contribution in [1.29, 1.82) is 0 Å². The molecule has 0 aromatic heterocycles. The largest absolute Gasteiger partial charge is 0.339 e. The van der Waals surface area contributed by atoms with Gasteiger partial charge in [0.1, 0.15) is 6.54 Å². The number of hydrogen-bond acceptors (Lipinski definition) is 3. The fourth-order valence-corrected chi connectivity index (χ4v) is 3.07. The maximum absolute atomic E-state index is 12.6. The fraction of sp³-hybridized carbons (Fsp3) is 0.471. The molecular weight excluding hydrogens is 294 g/mol. The summed E-state index contributed by atoms with van der Waals surface area (Å²) in [5, 5.41) is 2.24. The number of imide groups is 1. The van der Waals surface area contributed by atoms with Crippen LogP contribution in [0, 0.1) is 0 Å². The Morgan fingerprint density at radius 3 is 2.09 bits per heavy atom. The lowest BCUT2D eigenvalue weighted by Gasteiger charge is -2.25. The molecule has 2 saturated heterocycles. The van der Waals surface area contributed by atoms with Crippen LogP contribution < -0.4 is 10.2 Å². The number of urea groups is 1. The number of rotatable bonds is 2. The summed E-state index contributed by atoms with van der Waals surface area (Å²) in [5.41, 5.74) is 1.25. The first-order valence-corrected chi connectivity index (χ1v) is 8.16. The number of carbonyl (C=O) groups is 3. The summed E-state index contributed by atoms with van der Waals surface area (Å²) in [6.45, 7) is 1.64. The minimum atomic E-state index is -0.419. The van der Waals surface area contributed by atoms with Gasteiger partial charge in [0.2, 0.25) is 5.91 Å². The van der Waals surface area contributed by atoms with Crippen LogP contribution in [-0.2, 0) is 4.79 Å². The quantitative estimate of drug-likeness (QED) is 0.850. The number of nitrogens with one attached hydrogen (secondary N) is 1. The lowest BCUT2D eigenvalue weighted by molar-refractivity contribution is -0.117. The standard InChI is InChI=1S/C17H21N3O3/c21-15-12-20(17(23)18-15)14-8-6-13(7-9-14)16(22)19-10-4-2-1-3-5-11-19/h6-9H,1-5,10-12H2,(H,18,21,23). The first kappa shape index (κ1) is 15.5. The minimum Gasteiger partial charge on any atom is -0.339 e. The van der Waals surface area contributed by atoms with Crippen LogP contribution in [0.15, 0.2) is 24.3 Å². The summed E-state index contributed by atoms with van der Waals surface area (Å²) in [4.78, 5) is 38.8. The van der Waals surface area contributed by atoms with Crippen molar-refractivity contribution < 1.29 is 14.4 Å². The highest BCUT2D eigenvalue weighted by Gasteiger charge is 2.28. The van der Waals surface area contributed by atoms with Crippen LogP contribution >= 0.6 is 0 Å². The molecule has 2 fully saturated rings. The normalized spacial score (nSPS) is 19.3. The molecule has 23 heavy (non-hydrogen) atoms. The van der Waals surface area contributed by atoms with Gasteiger partial charge in [0.15, 0.2) is 0 Å². The molecule has 1 N–H and O–H groups in total. The van der Waals surface area contributed by atoms with E-state index in [0.717, 1.165) is 25.9 Å². The van der Waals surface area contributed by atoms with Crippen LogP contribution in [0.5, 0.6) is 0 Å². The van der Waals surface area contributed by atoms with Crippen LogP contribution in [0.25, 0.3) is 0 Å². The molecule has 6 nitrogen and oxygen atoms in total. The van der Waals surface area contributed by atoms with Crippen molar-refractivity contribution in [2.45, 2.75) is 32.1 Å². The second-order valence-electron chi connectivity index (χ2n) is 6.05. The number of anilines is 1. The highest BCUT2D eigenvalue weighted by molar-refractivity contribution is 6.12. The van der Waals surface area contributed by atoms with Crippen molar-refractivity contribution >= 4 is 23.5 Å². The second-order valence-corrected chi connectivity index (χ2v) is 6.05. The smallest absolute Gasteiger partial charge is 0.329 e. The number of benzene rings is 1. The Balaban J connectivity index is 1.69. The fourth-order valence-electron chi connectivity index (χ4n) is 3.07. The van der Waals surface area contributed by atoms with Crippen LogP contribution in [0.1, 0.15) is 42.5 Å². The molecule has 0 aliphatic carbocycles. The van der Waals surface area contributed by atoms with Crippen molar-refractivity contribution in [3.63, 3.8) is 0 Å². The molecule has 2 aliphatic heterocycles. The average molecular weight is 315 g/mol. The third kappa shape index (κ3) is 3.52. The Labute approximate surface area is 135 Å². The lowest BCUT2D eigenvalue weighted by atomic mass is 10.1. The molecule has 0 spiro atoms. The van der Waals surface area contributed by atoms with Gasteiger partial charge in [0.25, 0.3) is 5.91 Å². The predicted molar refractivity (Wildman–Crippen MR) is 86.3 cm³/mol. The number of nitrogens with zero attached hydrogens (tertiary/aromatic N) is 2. The van der Waals surface area contributed by atoms with Gasteiger partial charge in [0.05, 0.1) is 0 Å². The molecule has 0 radical (unpaired) electrons. The molecular formula is C17H21N3O3. The molecule has 1 aromatic carbocycles. The number of hydrogen-bond donors (Lipinski definition) is 1. The van der Waals surface area contributed by atoms with Crippen LogP contribution in [0.4, 0.5) is 10.5 Å². The van der Waals surface area contributed by atoms with Gasteiger partial charge in [-0.25, -0.2) is 4.79 Å². The van der Waals surface area contributed by atoms with Gasteiger partial charge in [-0.15, -0.1) is 0 Å². The Morgan fingerprint density at radius 1 is 0.913 bits per heavy atom. The highest BCUT2D eigenvalue weighted by atomic mass is 16.2. The summed E-state index contributed by atoms with van der Waals surface area (Å²) >= 11 is 0. The topological polar surface area (TPSA) is 69.7 Å². The van der Waals surface area contributed by atoms with E-state index in [4.69, 9.17) is 0 Å². The van der Waals surface area contributed by atoms with Crippen molar-refractivity contribution in [2.75, 3.05) is 24.5 Å². The summed E-state index contributed by atoms with van der Waals surface area (Å²) in [7, 11) is 0. The average Bonchev–Trinajstić information content (AvgIpc) is 2.85. The van der Waals surface area contributed by atoms with Crippen LogP contribution in [-0.4, -0.2) is 42.4 Å². The van der Waals surface area contributed by atoms with Crippen molar-refractivity contribution in [1.82, 2.24) is 10.2 Å². The van der Waals surface area contributed by atoms with E-state index in [1.807, 2.05) is 4.90 Å². The molecule has 0 unspecified atom stereocenters. The molecule has 0 saturated carbocycles. The Bertz CT molecular complexity index is 604. The van der Waals surface area contributed by atoms with Crippen molar-refractivity contribution in [3.8, 4) is 0 Å². The van der Waals surface area contributed by atoms with Gasteiger partial charge in [-0.1, -0.05) is 19.3 Å². The van der Waals surface area contributed by atoms with Gasteiger partial charge in [-0.3, -0.25) is 19.8 Å². The van der Waals surface area contributed by atoms with Gasteiger partial charge >= 0.3 is 6.03 Å². The number of amides is 4. The predicted octanol–water partition coefficient (Wildman–Crippen LogP) is 2.15. The van der Waals surface area contributed by atoms with E-state index in [9.17, 15) is 14.4 Å². The first-order valence-electron chi connectivity index (χ1n) is 8.16. The molecule has 0 atom stereocenters. The second kappa shape index (κ2) is 6.81. The number of likely N-dealkylation sites (tertiary alicyclic amines) is 1. The SMILES string of the molecule is O=C1CN(c2ccc(C(=O)N3CCCCCCC3)cc2)C(=O)N1. The van der Waals surface area contributed by atoms with E-state index in [2.05, 4.69) is 5.32 Å². The molecule has 2 aliphatic rings. The van der Waals surface area contributed by atoms with E-state index in [1.54, 1.807) is 24.3 Å². The summed E-state index contributed by atoms with van der Waals surface area (Å²) in [6, 6.07) is 6.47. The Hall–Kier alpha value is -2.37. The minimum absolute atomic E-state index is 0.0260. The van der Waals surface area contributed by atoms with E-state index < -0.39 is 6.03 Å². The van der Waals surface area contributed by atoms with Gasteiger partial charge in [-0.2, -0.15) is 0 Å². The van der Waals surface area contributed by atoms with Crippen LogP contribution in [0.3, 0.4) is 0 Å². The Morgan fingerprint density at radius 2 is 1.52 bits per heavy atom. The molecule has 6 heteroatoms. The molecule has 0 bridgehead atoms. The van der Waals surface area contributed by atoms with Gasteiger partial charge in [0, 0.05) is 24.3 Å². The zero-order valence-corrected chi connectivity index (χ0v) is 13.1. The number of carbonyl (C=O) groups excluding carboxylic acids is 3. The Kier molecular flexibility index (Phi) is 4.60. The van der Waals surface area contributed by atoms with E-state index in [0.29, 0.717) is 11.3 Å². The molecule has 4 amide bonds. The monoisotopic (exact) mass is 315 g/mol. The maximum atomic E-state index is 12.6. The van der Waals surface area contributed by atoms with E-state index in [1.165, 1.54) is 24.2 Å². The zero-order valence-electron chi connectivity index (χ0n) is 13.1. The lowest BCUT2D eigenvalue weighted by Crippen LogP contribution is -2.33. The van der Waals surface area contributed by atoms with Gasteiger partial charge in [-0.05, 0) is 37.1 Å².